The van der Waals surface area contributed by atoms with Crippen LogP contribution in [0.3, 0.4) is 0 Å². The summed E-state index contributed by atoms with van der Waals surface area (Å²) in [6, 6.07) is 16.1. The number of carbonyl (C=O) groups excluding carboxylic acids is 2. The molecule has 2 aromatic carbocycles. The molecule has 5 heteroatoms. The Bertz CT molecular complexity index is 801. The summed E-state index contributed by atoms with van der Waals surface area (Å²) in [5, 5.41) is 0.0371. The van der Waals surface area contributed by atoms with Gasteiger partial charge in [-0.3, -0.25) is 9.69 Å². The predicted octanol–water partition coefficient (Wildman–Crippen LogP) is 4.88. The Balaban J connectivity index is 2.13. The minimum Gasteiger partial charge on any atom is -0.453 e. The van der Waals surface area contributed by atoms with Crippen LogP contribution in [0.25, 0.3) is 11.1 Å². The van der Waals surface area contributed by atoms with Gasteiger partial charge >= 0.3 is 6.09 Å². The Morgan fingerprint density at radius 2 is 1.54 bits per heavy atom. The lowest BCUT2D eigenvalue weighted by molar-refractivity contribution is -0.109. The molecule has 0 spiro atoms. The molecule has 1 aliphatic carbocycles. The summed E-state index contributed by atoms with van der Waals surface area (Å²) in [5.41, 5.74) is 3.87. The van der Waals surface area contributed by atoms with Crippen molar-refractivity contribution in [3.63, 3.8) is 0 Å². The number of hydrogen-bond donors (Lipinski definition) is 0. The summed E-state index contributed by atoms with van der Waals surface area (Å²) in [4.78, 5) is 26.1. The highest BCUT2D eigenvalue weighted by molar-refractivity contribution is 8.13. The molecule has 0 saturated heterocycles. The van der Waals surface area contributed by atoms with Crippen LogP contribution >= 0.6 is 11.8 Å². The van der Waals surface area contributed by atoms with E-state index >= 15 is 0 Å². The molecule has 0 atom stereocenters. The molecule has 1 amide bonds. The van der Waals surface area contributed by atoms with Gasteiger partial charge in [0.25, 0.3) is 0 Å². The lowest BCUT2D eigenvalue weighted by Crippen LogP contribution is -2.51. The first-order valence-corrected chi connectivity index (χ1v) is 9.54. The van der Waals surface area contributed by atoms with Crippen molar-refractivity contribution >= 4 is 23.0 Å². The lowest BCUT2D eigenvalue weighted by Gasteiger charge is -2.41. The molecule has 1 aliphatic rings. The second kappa shape index (κ2) is 7.16. The van der Waals surface area contributed by atoms with Gasteiger partial charge in [0.1, 0.15) is 0 Å². The Hall–Kier alpha value is -2.27. The summed E-state index contributed by atoms with van der Waals surface area (Å²) >= 11 is 1.23. The van der Waals surface area contributed by atoms with E-state index in [1.54, 1.807) is 11.8 Å². The van der Waals surface area contributed by atoms with Gasteiger partial charge in [0.2, 0.25) is 0 Å². The first-order chi connectivity index (χ1) is 12.4. The molecule has 0 radical (unpaired) electrons. The van der Waals surface area contributed by atoms with E-state index in [1.165, 1.54) is 18.9 Å². The van der Waals surface area contributed by atoms with Crippen LogP contribution in [0.4, 0.5) is 4.79 Å². The number of rotatable bonds is 4. The number of ether oxygens (including phenoxy) is 1. The van der Waals surface area contributed by atoms with Crippen LogP contribution in [-0.2, 0) is 9.53 Å². The van der Waals surface area contributed by atoms with E-state index in [4.69, 9.17) is 4.74 Å². The largest absolute Gasteiger partial charge is 0.453 e. The van der Waals surface area contributed by atoms with Crippen LogP contribution in [-0.4, -0.2) is 34.5 Å². The standard InChI is InChI=1S/C21H23NO3S/c1-14(23)26-13-21(2,3)22(20(24)25-4)19-17-11-7-5-9-15(17)16-10-6-8-12-18(16)19/h5-12,19H,13H2,1-4H3. The highest BCUT2D eigenvalue weighted by atomic mass is 32.2. The topological polar surface area (TPSA) is 46.6 Å². The molecular formula is C21H23NO3S. The van der Waals surface area contributed by atoms with E-state index in [0.29, 0.717) is 5.75 Å². The Morgan fingerprint density at radius 1 is 1.04 bits per heavy atom. The lowest BCUT2D eigenvalue weighted by atomic mass is 9.97. The average molecular weight is 369 g/mol. The van der Waals surface area contributed by atoms with E-state index in [1.807, 2.05) is 38.1 Å². The number of benzene rings is 2. The normalized spacial score (nSPS) is 13.1. The molecule has 0 unspecified atom stereocenters. The van der Waals surface area contributed by atoms with Crippen molar-refractivity contribution in [3.05, 3.63) is 59.7 Å². The van der Waals surface area contributed by atoms with E-state index in [9.17, 15) is 9.59 Å². The molecule has 0 heterocycles. The fourth-order valence-corrected chi connectivity index (χ4v) is 4.25. The molecule has 4 nitrogen and oxygen atoms in total. The minimum absolute atomic E-state index is 0.0371. The van der Waals surface area contributed by atoms with Crippen molar-refractivity contribution in [1.29, 1.82) is 0 Å². The van der Waals surface area contributed by atoms with Gasteiger partial charge in [-0.05, 0) is 36.1 Å². The molecule has 3 rings (SSSR count). The van der Waals surface area contributed by atoms with Gasteiger partial charge in [-0.2, -0.15) is 0 Å². The first-order valence-electron chi connectivity index (χ1n) is 8.55. The number of hydrogen-bond acceptors (Lipinski definition) is 4. The second-order valence-corrected chi connectivity index (χ2v) is 8.16. The van der Waals surface area contributed by atoms with Crippen LogP contribution in [0, 0.1) is 0 Å². The van der Waals surface area contributed by atoms with E-state index in [0.717, 1.165) is 22.3 Å². The highest BCUT2D eigenvalue weighted by Gasteiger charge is 2.43. The smallest absolute Gasteiger partial charge is 0.410 e. The van der Waals surface area contributed by atoms with E-state index in [2.05, 4.69) is 24.3 Å². The summed E-state index contributed by atoms with van der Waals surface area (Å²) in [5.74, 6) is 0.498. The Labute approximate surface area is 158 Å². The number of fused-ring (bicyclic) bond motifs is 3. The van der Waals surface area contributed by atoms with Gasteiger partial charge in [0, 0.05) is 12.7 Å². The van der Waals surface area contributed by atoms with Crippen molar-refractivity contribution in [1.82, 2.24) is 4.90 Å². The summed E-state index contributed by atoms with van der Waals surface area (Å²) in [7, 11) is 1.40. The van der Waals surface area contributed by atoms with Gasteiger partial charge in [-0.15, -0.1) is 0 Å². The van der Waals surface area contributed by atoms with Crippen molar-refractivity contribution < 1.29 is 14.3 Å². The fourth-order valence-electron chi connectivity index (χ4n) is 3.56. The van der Waals surface area contributed by atoms with Crippen LogP contribution in [0.15, 0.2) is 48.5 Å². The maximum Gasteiger partial charge on any atom is 0.410 e. The summed E-state index contributed by atoms with van der Waals surface area (Å²) in [6.45, 7) is 5.50. The molecule has 0 aromatic heterocycles. The minimum atomic E-state index is -0.571. The van der Waals surface area contributed by atoms with E-state index < -0.39 is 11.6 Å². The van der Waals surface area contributed by atoms with Gasteiger partial charge in [-0.25, -0.2) is 4.79 Å². The number of amides is 1. The Kier molecular flexibility index (Phi) is 5.10. The zero-order valence-corrected chi connectivity index (χ0v) is 16.3. The molecule has 0 N–H and O–H groups in total. The SMILES string of the molecule is COC(=O)N(C1c2ccccc2-c2ccccc21)C(C)(C)CSC(C)=O. The van der Waals surface area contributed by atoms with Crippen molar-refractivity contribution in [3.8, 4) is 11.1 Å². The fraction of sp³-hybridized carbons (Fsp3) is 0.333. The number of nitrogens with zero attached hydrogens (tertiary/aromatic N) is 1. The van der Waals surface area contributed by atoms with Crippen molar-refractivity contribution in [2.24, 2.45) is 0 Å². The number of thioether (sulfide) groups is 1. The molecule has 136 valence electrons. The molecule has 0 saturated carbocycles. The molecule has 0 bridgehead atoms. The highest BCUT2D eigenvalue weighted by Crippen LogP contribution is 2.48. The predicted molar refractivity (Wildman–Crippen MR) is 105 cm³/mol. The zero-order valence-electron chi connectivity index (χ0n) is 15.5. The number of carbonyl (C=O) groups is 2. The summed E-state index contributed by atoms with van der Waals surface area (Å²) in [6.07, 6.45) is -0.393. The monoisotopic (exact) mass is 369 g/mol. The van der Waals surface area contributed by atoms with Gasteiger partial charge < -0.3 is 4.74 Å². The molecular weight excluding hydrogens is 346 g/mol. The maximum absolute atomic E-state index is 12.8. The van der Waals surface area contributed by atoms with Crippen LogP contribution in [0.5, 0.6) is 0 Å². The van der Waals surface area contributed by atoms with Crippen molar-refractivity contribution in [2.75, 3.05) is 12.9 Å². The van der Waals surface area contributed by atoms with Crippen LogP contribution in [0.2, 0.25) is 0 Å². The second-order valence-electron chi connectivity index (χ2n) is 7.01. The van der Waals surface area contributed by atoms with Gasteiger partial charge in [0.15, 0.2) is 5.12 Å². The number of methoxy groups -OCH3 is 1. The molecule has 0 fully saturated rings. The average Bonchev–Trinajstić information content (AvgIpc) is 2.95. The third-order valence-corrected chi connectivity index (χ3v) is 5.97. The molecule has 2 aromatic rings. The van der Waals surface area contributed by atoms with Crippen LogP contribution < -0.4 is 0 Å². The maximum atomic E-state index is 12.8. The van der Waals surface area contributed by atoms with Crippen molar-refractivity contribution in [2.45, 2.75) is 32.4 Å². The third kappa shape index (κ3) is 3.23. The van der Waals surface area contributed by atoms with Gasteiger partial charge in [-0.1, -0.05) is 60.3 Å². The van der Waals surface area contributed by atoms with Gasteiger partial charge in [0.05, 0.1) is 18.7 Å². The van der Waals surface area contributed by atoms with Crippen LogP contribution in [0.1, 0.15) is 37.9 Å². The van der Waals surface area contributed by atoms with E-state index in [-0.39, 0.29) is 11.2 Å². The third-order valence-electron chi connectivity index (χ3n) is 4.71. The Morgan fingerprint density at radius 3 is 2.00 bits per heavy atom. The first kappa shape index (κ1) is 18.5. The zero-order chi connectivity index (χ0) is 18.9. The molecule has 26 heavy (non-hydrogen) atoms. The molecule has 0 aliphatic heterocycles. The summed E-state index contributed by atoms with van der Waals surface area (Å²) < 4.78 is 5.14. The quantitative estimate of drug-likeness (QED) is 0.770.